The van der Waals surface area contributed by atoms with E-state index in [-0.39, 0.29) is 0 Å². The van der Waals surface area contributed by atoms with E-state index in [1.165, 1.54) is 5.56 Å². The molecule has 32 heavy (non-hydrogen) atoms. The third-order valence-electron chi connectivity index (χ3n) is 6.28. The molecule has 5 rings (SSSR count). The minimum Gasteiger partial charge on any atom is -0.493 e. The second-order valence-corrected chi connectivity index (χ2v) is 10.4. The summed E-state index contributed by atoms with van der Waals surface area (Å²) in [6, 6.07) is 19.0. The molecule has 2 aliphatic heterocycles. The average molecular weight is 446 g/mol. The van der Waals surface area contributed by atoms with Gasteiger partial charge in [-0.1, -0.05) is 61.4 Å². The summed E-state index contributed by atoms with van der Waals surface area (Å²) >= 11 is 0. The lowest BCUT2D eigenvalue weighted by Crippen LogP contribution is -2.33. The van der Waals surface area contributed by atoms with Gasteiger partial charge in [0.15, 0.2) is 0 Å². The van der Waals surface area contributed by atoms with Gasteiger partial charge >= 0.3 is 0 Å². The highest BCUT2D eigenvalue weighted by Crippen LogP contribution is 2.45. The van der Waals surface area contributed by atoms with Crippen LogP contribution in [0.1, 0.15) is 48.4 Å². The van der Waals surface area contributed by atoms with Gasteiger partial charge in [0.1, 0.15) is 6.61 Å². The van der Waals surface area contributed by atoms with Crippen molar-refractivity contribution >= 4 is 21.8 Å². The van der Waals surface area contributed by atoms with Crippen LogP contribution in [-0.4, -0.2) is 8.42 Å². The van der Waals surface area contributed by atoms with Crippen molar-refractivity contribution in [2.75, 3.05) is 4.31 Å². The maximum absolute atomic E-state index is 13.6. The number of benzene rings is 3. The number of anilines is 1. The number of rotatable bonds is 5. The number of allylic oxidation sites excluding steroid dienone is 1. The molecular formula is C27H27NO3S. The average Bonchev–Trinajstić information content (AvgIpc) is 2.82. The van der Waals surface area contributed by atoms with Crippen molar-refractivity contribution in [3.63, 3.8) is 0 Å². The Morgan fingerprint density at radius 2 is 1.72 bits per heavy atom. The molecule has 2 heterocycles. The monoisotopic (exact) mass is 445 g/mol. The molecule has 0 amide bonds. The lowest BCUT2D eigenvalue weighted by molar-refractivity contribution is 0.186. The van der Waals surface area contributed by atoms with Crippen molar-refractivity contribution in [1.82, 2.24) is 0 Å². The van der Waals surface area contributed by atoms with Crippen LogP contribution in [0, 0.1) is 6.92 Å². The molecule has 2 aliphatic rings. The zero-order valence-corrected chi connectivity index (χ0v) is 19.3. The summed E-state index contributed by atoms with van der Waals surface area (Å²) in [6.07, 6.45) is 5.30. The van der Waals surface area contributed by atoms with Crippen molar-refractivity contribution in [1.29, 1.82) is 0 Å². The first-order valence-electron chi connectivity index (χ1n) is 11.2. The summed E-state index contributed by atoms with van der Waals surface area (Å²) in [7, 11) is -3.69. The van der Waals surface area contributed by atoms with Gasteiger partial charge in [-0.25, -0.2) is 8.42 Å². The van der Waals surface area contributed by atoms with E-state index in [0.717, 1.165) is 58.5 Å². The summed E-state index contributed by atoms with van der Waals surface area (Å²) in [5.41, 5.74) is 7.18. The Balaban J connectivity index is 1.64. The highest BCUT2D eigenvalue weighted by atomic mass is 32.2. The first-order valence-corrected chi connectivity index (χ1v) is 12.6. The Hall–Kier alpha value is -3.05. The van der Waals surface area contributed by atoms with E-state index >= 15 is 0 Å². The summed E-state index contributed by atoms with van der Waals surface area (Å²) in [6.45, 7) is 5.01. The minimum atomic E-state index is -3.69. The fraction of sp³-hybridized carbons (Fsp3) is 0.259. The molecule has 0 fully saturated rings. The molecule has 3 aromatic rings. The van der Waals surface area contributed by atoms with E-state index in [1.54, 1.807) is 16.4 Å². The number of sulfonamides is 1. The molecule has 0 N–H and O–H groups in total. The Kier molecular flexibility index (Phi) is 5.30. The number of ether oxygens (including phenoxy) is 1. The molecule has 0 radical (unpaired) electrons. The smallest absolute Gasteiger partial charge is 0.264 e. The molecule has 3 aromatic carbocycles. The van der Waals surface area contributed by atoms with Gasteiger partial charge in [-0.05, 0) is 59.9 Å². The van der Waals surface area contributed by atoms with Crippen LogP contribution in [0.5, 0.6) is 0 Å². The molecule has 0 saturated carbocycles. The second kappa shape index (κ2) is 8.14. The van der Waals surface area contributed by atoms with Crippen LogP contribution in [-0.2, 0) is 27.9 Å². The topological polar surface area (TPSA) is 46.6 Å². The van der Waals surface area contributed by atoms with E-state index in [9.17, 15) is 8.42 Å². The van der Waals surface area contributed by atoms with Gasteiger partial charge in [0.05, 0.1) is 22.9 Å². The van der Waals surface area contributed by atoms with Crippen molar-refractivity contribution in [2.45, 2.75) is 51.2 Å². The third kappa shape index (κ3) is 3.51. The lowest BCUT2D eigenvalue weighted by Gasteiger charge is -2.34. The second-order valence-electron chi connectivity index (χ2n) is 8.52. The molecule has 164 valence electrons. The summed E-state index contributed by atoms with van der Waals surface area (Å²) in [5, 5.41) is 0. The Morgan fingerprint density at radius 3 is 2.50 bits per heavy atom. The summed E-state index contributed by atoms with van der Waals surface area (Å²) in [5.74, 6) is 1.01. The van der Waals surface area contributed by atoms with Crippen LogP contribution in [0.2, 0.25) is 0 Å². The highest BCUT2D eigenvalue weighted by molar-refractivity contribution is 7.92. The third-order valence-corrected chi connectivity index (χ3v) is 8.06. The zero-order valence-electron chi connectivity index (χ0n) is 18.5. The van der Waals surface area contributed by atoms with Gasteiger partial charge in [-0.3, -0.25) is 4.31 Å². The molecule has 0 atom stereocenters. The predicted molar refractivity (Wildman–Crippen MR) is 129 cm³/mol. The van der Waals surface area contributed by atoms with Crippen molar-refractivity contribution < 1.29 is 13.2 Å². The number of hydrogen-bond donors (Lipinski definition) is 0. The van der Waals surface area contributed by atoms with Gasteiger partial charge < -0.3 is 4.74 Å². The zero-order chi connectivity index (χ0) is 22.3. The fourth-order valence-electron chi connectivity index (χ4n) is 4.51. The first-order chi connectivity index (χ1) is 15.5. The summed E-state index contributed by atoms with van der Waals surface area (Å²) < 4.78 is 34.8. The van der Waals surface area contributed by atoms with E-state index in [0.29, 0.717) is 18.0 Å². The molecule has 0 unspecified atom stereocenters. The minimum absolute atomic E-state index is 0.314. The van der Waals surface area contributed by atoms with E-state index < -0.39 is 10.0 Å². The fourth-order valence-corrected chi connectivity index (χ4v) is 5.97. The Bertz CT molecular complexity index is 1310. The lowest BCUT2D eigenvalue weighted by atomic mass is 9.86. The number of aryl methyl sites for hydroxylation is 1. The SMILES string of the molecule is CCCCC1=Cc2c(ccc3c2-c2ccccc2N(S(=O)(=O)c2ccc(C)cc2)C3)CO1. The van der Waals surface area contributed by atoms with Gasteiger partial charge in [-0.15, -0.1) is 0 Å². The molecule has 0 spiro atoms. The highest BCUT2D eigenvalue weighted by Gasteiger charge is 2.33. The largest absolute Gasteiger partial charge is 0.493 e. The van der Waals surface area contributed by atoms with Gasteiger partial charge in [0, 0.05) is 12.0 Å². The maximum atomic E-state index is 13.6. The molecule has 0 aromatic heterocycles. The normalized spacial score (nSPS) is 14.7. The van der Waals surface area contributed by atoms with Crippen molar-refractivity contribution in [2.24, 2.45) is 0 Å². The molecular weight excluding hydrogens is 418 g/mol. The van der Waals surface area contributed by atoms with Crippen molar-refractivity contribution in [3.8, 4) is 11.1 Å². The van der Waals surface area contributed by atoms with Crippen LogP contribution in [0.25, 0.3) is 17.2 Å². The number of nitrogens with zero attached hydrogens (tertiary/aromatic N) is 1. The summed E-state index contributed by atoms with van der Waals surface area (Å²) in [4.78, 5) is 0.314. The molecule has 0 bridgehead atoms. The van der Waals surface area contributed by atoms with Gasteiger partial charge in [0.2, 0.25) is 0 Å². The maximum Gasteiger partial charge on any atom is 0.264 e. The molecule has 0 saturated heterocycles. The molecule has 4 nitrogen and oxygen atoms in total. The number of unbranched alkanes of at least 4 members (excludes halogenated alkanes) is 1. The van der Waals surface area contributed by atoms with Gasteiger partial charge in [0.25, 0.3) is 10.0 Å². The predicted octanol–water partition coefficient (Wildman–Crippen LogP) is 6.43. The van der Waals surface area contributed by atoms with Crippen LogP contribution >= 0.6 is 0 Å². The van der Waals surface area contributed by atoms with Crippen molar-refractivity contribution in [3.05, 3.63) is 88.7 Å². The standard InChI is InChI=1S/C27H27NO3S/c1-3-4-7-22-16-25-21(18-31-22)13-12-20-17-28(26-9-6-5-8-24(26)27(20)25)32(29,30)23-14-10-19(2)11-15-23/h5-6,8-16H,3-4,7,17-18H2,1-2H3. The first kappa shape index (κ1) is 20.8. The molecule has 5 heteroatoms. The number of fused-ring (bicyclic) bond motifs is 5. The van der Waals surface area contributed by atoms with Crippen LogP contribution < -0.4 is 4.31 Å². The van der Waals surface area contributed by atoms with Crippen LogP contribution in [0.3, 0.4) is 0 Å². The Morgan fingerprint density at radius 1 is 0.969 bits per heavy atom. The number of para-hydroxylation sites is 1. The van der Waals surface area contributed by atoms with Crippen LogP contribution in [0.4, 0.5) is 5.69 Å². The van der Waals surface area contributed by atoms with E-state index in [1.807, 2.05) is 43.3 Å². The molecule has 0 aliphatic carbocycles. The number of hydrogen-bond acceptors (Lipinski definition) is 3. The van der Waals surface area contributed by atoms with E-state index in [4.69, 9.17) is 4.74 Å². The van der Waals surface area contributed by atoms with E-state index in [2.05, 4.69) is 25.1 Å². The van der Waals surface area contributed by atoms with Crippen LogP contribution in [0.15, 0.2) is 71.3 Å². The Labute approximate surface area is 190 Å². The van der Waals surface area contributed by atoms with Gasteiger partial charge in [-0.2, -0.15) is 0 Å². The quantitative estimate of drug-likeness (QED) is 0.454.